The van der Waals surface area contributed by atoms with Gasteiger partial charge >= 0.3 is 0 Å². The van der Waals surface area contributed by atoms with Gasteiger partial charge in [-0.15, -0.1) is 0 Å². The van der Waals surface area contributed by atoms with Crippen LogP contribution < -0.4 is 16.8 Å². The molecule has 1 rings (SSSR count). The largest absolute Gasteiger partial charge is 0.376 e. The molecule has 0 bridgehead atoms. The standard InChI is InChI=1S/C9H11N3OS/c1-5-2-3-6(8(10)13)4-7(5)12-9(11)14/h2-4H,1H3,(H2,10,13)(H3,11,12,14). The first-order valence-corrected chi connectivity index (χ1v) is 4.38. The van der Waals surface area contributed by atoms with E-state index in [0.29, 0.717) is 11.3 Å². The first-order chi connectivity index (χ1) is 6.50. The summed E-state index contributed by atoms with van der Waals surface area (Å²) in [5.41, 5.74) is 12.5. The Kier molecular flexibility index (Phi) is 3.03. The molecular weight excluding hydrogens is 198 g/mol. The van der Waals surface area contributed by atoms with E-state index in [4.69, 9.17) is 23.7 Å². The second-order valence-corrected chi connectivity index (χ2v) is 3.32. The van der Waals surface area contributed by atoms with Crippen LogP contribution in [-0.4, -0.2) is 11.0 Å². The highest BCUT2D eigenvalue weighted by atomic mass is 32.1. The van der Waals surface area contributed by atoms with Crippen LogP contribution in [0.4, 0.5) is 5.69 Å². The summed E-state index contributed by atoms with van der Waals surface area (Å²) >= 11 is 4.70. The number of carbonyl (C=O) groups is 1. The van der Waals surface area contributed by atoms with E-state index in [2.05, 4.69) is 5.32 Å². The fourth-order valence-electron chi connectivity index (χ4n) is 1.04. The van der Waals surface area contributed by atoms with E-state index in [-0.39, 0.29) is 5.11 Å². The van der Waals surface area contributed by atoms with E-state index < -0.39 is 5.91 Å². The summed E-state index contributed by atoms with van der Waals surface area (Å²) in [4.78, 5) is 10.9. The second-order valence-electron chi connectivity index (χ2n) is 2.88. The third-order valence-electron chi connectivity index (χ3n) is 1.78. The number of carbonyl (C=O) groups excluding carboxylic acids is 1. The quantitative estimate of drug-likeness (QED) is 0.628. The van der Waals surface area contributed by atoms with Crippen molar-refractivity contribution in [2.45, 2.75) is 6.92 Å². The molecule has 5 heteroatoms. The maximum absolute atomic E-state index is 10.9. The van der Waals surface area contributed by atoms with Crippen molar-refractivity contribution in [3.63, 3.8) is 0 Å². The molecule has 0 atom stereocenters. The summed E-state index contributed by atoms with van der Waals surface area (Å²) in [7, 11) is 0. The smallest absolute Gasteiger partial charge is 0.248 e. The Bertz CT molecular complexity index is 390. The number of benzene rings is 1. The predicted octanol–water partition coefficient (Wildman–Crippen LogP) is 0.749. The van der Waals surface area contributed by atoms with Crippen LogP contribution in [0.15, 0.2) is 18.2 Å². The molecule has 1 amide bonds. The van der Waals surface area contributed by atoms with E-state index in [1.807, 2.05) is 6.92 Å². The van der Waals surface area contributed by atoms with Crippen LogP contribution in [0, 0.1) is 6.92 Å². The minimum atomic E-state index is -0.476. The van der Waals surface area contributed by atoms with Gasteiger partial charge in [0.2, 0.25) is 5.91 Å². The number of amides is 1. The summed E-state index contributed by atoms with van der Waals surface area (Å²) in [5.74, 6) is -0.476. The van der Waals surface area contributed by atoms with Gasteiger partial charge < -0.3 is 16.8 Å². The molecule has 0 aromatic heterocycles. The lowest BCUT2D eigenvalue weighted by Crippen LogP contribution is -2.20. The van der Waals surface area contributed by atoms with E-state index in [1.54, 1.807) is 18.2 Å². The molecule has 74 valence electrons. The zero-order valence-electron chi connectivity index (χ0n) is 7.70. The van der Waals surface area contributed by atoms with Crippen LogP contribution in [0.5, 0.6) is 0 Å². The molecule has 0 heterocycles. The molecule has 1 aromatic rings. The van der Waals surface area contributed by atoms with Crippen molar-refractivity contribution in [1.29, 1.82) is 0 Å². The highest BCUT2D eigenvalue weighted by Gasteiger charge is 2.04. The lowest BCUT2D eigenvalue weighted by atomic mass is 10.1. The van der Waals surface area contributed by atoms with E-state index >= 15 is 0 Å². The molecule has 0 saturated heterocycles. The lowest BCUT2D eigenvalue weighted by Gasteiger charge is -2.08. The Morgan fingerprint density at radius 2 is 2.07 bits per heavy atom. The molecule has 0 saturated carbocycles. The van der Waals surface area contributed by atoms with E-state index in [9.17, 15) is 4.79 Å². The lowest BCUT2D eigenvalue weighted by molar-refractivity contribution is 0.100. The monoisotopic (exact) mass is 209 g/mol. The minimum absolute atomic E-state index is 0.162. The Morgan fingerprint density at radius 1 is 1.43 bits per heavy atom. The Labute approximate surface area is 87.3 Å². The number of anilines is 1. The van der Waals surface area contributed by atoms with Crippen molar-refractivity contribution in [1.82, 2.24) is 0 Å². The topological polar surface area (TPSA) is 81.1 Å². The Balaban J connectivity index is 3.08. The first-order valence-electron chi connectivity index (χ1n) is 3.97. The summed E-state index contributed by atoms with van der Waals surface area (Å²) < 4.78 is 0. The van der Waals surface area contributed by atoms with Crippen LogP contribution in [0.1, 0.15) is 15.9 Å². The van der Waals surface area contributed by atoms with Crippen LogP contribution in [0.3, 0.4) is 0 Å². The van der Waals surface area contributed by atoms with Gasteiger partial charge in [0.15, 0.2) is 5.11 Å². The average molecular weight is 209 g/mol. The third-order valence-corrected chi connectivity index (χ3v) is 1.88. The number of thiocarbonyl (C=S) groups is 1. The van der Waals surface area contributed by atoms with Gasteiger partial charge in [-0.1, -0.05) is 6.07 Å². The molecule has 0 aliphatic rings. The molecular formula is C9H11N3OS. The molecule has 0 spiro atoms. The number of aryl methyl sites for hydroxylation is 1. The van der Waals surface area contributed by atoms with Crippen molar-refractivity contribution in [3.8, 4) is 0 Å². The van der Waals surface area contributed by atoms with Crippen molar-refractivity contribution in [3.05, 3.63) is 29.3 Å². The van der Waals surface area contributed by atoms with E-state index in [0.717, 1.165) is 5.56 Å². The van der Waals surface area contributed by atoms with Gasteiger partial charge in [0, 0.05) is 11.3 Å². The number of nitrogens with two attached hydrogens (primary N) is 2. The summed E-state index contributed by atoms with van der Waals surface area (Å²) in [5, 5.41) is 2.93. The predicted molar refractivity (Wildman–Crippen MR) is 60.1 cm³/mol. The summed E-state index contributed by atoms with van der Waals surface area (Å²) in [6.07, 6.45) is 0. The SMILES string of the molecule is Cc1ccc(C(N)=O)cc1NC(N)=S. The number of nitrogens with one attached hydrogen (secondary N) is 1. The molecule has 0 unspecified atom stereocenters. The Hall–Kier alpha value is -1.62. The van der Waals surface area contributed by atoms with Gasteiger partial charge in [0.1, 0.15) is 0 Å². The maximum atomic E-state index is 10.9. The van der Waals surface area contributed by atoms with Crippen molar-refractivity contribution in [2.24, 2.45) is 11.5 Å². The number of hydrogen-bond donors (Lipinski definition) is 3. The third kappa shape index (κ3) is 2.43. The number of rotatable bonds is 2. The molecule has 0 radical (unpaired) electrons. The van der Waals surface area contributed by atoms with Gasteiger partial charge in [-0.05, 0) is 36.8 Å². The summed E-state index contributed by atoms with van der Waals surface area (Å²) in [6.45, 7) is 1.88. The number of hydrogen-bond acceptors (Lipinski definition) is 2. The van der Waals surface area contributed by atoms with Gasteiger partial charge in [0.25, 0.3) is 0 Å². The summed E-state index contributed by atoms with van der Waals surface area (Å²) in [6, 6.07) is 5.06. The van der Waals surface area contributed by atoms with Gasteiger partial charge in [-0.2, -0.15) is 0 Å². The van der Waals surface area contributed by atoms with Crippen LogP contribution in [-0.2, 0) is 0 Å². The fourth-order valence-corrected chi connectivity index (χ4v) is 1.15. The van der Waals surface area contributed by atoms with Gasteiger partial charge in [-0.3, -0.25) is 4.79 Å². The molecule has 14 heavy (non-hydrogen) atoms. The van der Waals surface area contributed by atoms with Crippen molar-refractivity contribution in [2.75, 3.05) is 5.32 Å². The molecule has 5 N–H and O–H groups in total. The number of primary amides is 1. The molecule has 1 aromatic carbocycles. The van der Waals surface area contributed by atoms with E-state index in [1.165, 1.54) is 0 Å². The van der Waals surface area contributed by atoms with Crippen molar-refractivity contribution >= 4 is 28.9 Å². The maximum Gasteiger partial charge on any atom is 0.248 e. The zero-order chi connectivity index (χ0) is 10.7. The van der Waals surface area contributed by atoms with Crippen molar-refractivity contribution < 1.29 is 4.79 Å². The second kappa shape index (κ2) is 4.06. The normalized spacial score (nSPS) is 9.50. The highest BCUT2D eigenvalue weighted by molar-refractivity contribution is 7.80. The fraction of sp³-hybridized carbons (Fsp3) is 0.111. The molecule has 4 nitrogen and oxygen atoms in total. The first kappa shape index (κ1) is 10.5. The molecule has 0 aliphatic carbocycles. The van der Waals surface area contributed by atoms with Crippen LogP contribution >= 0.6 is 12.2 Å². The molecule has 0 aliphatic heterocycles. The van der Waals surface area contributed by atoms with Crippen LogP contribution in [0.25, 0.3) is 0 Å². The van der Waals surface area contributed by atoms with Crippen LogP contribution in [0.2, 0.25) is 0 Å². The Morgan fingerprint density at radius 3 is 2.57 bits per heavy atom. The highest BCUT2D eigenvalue weighted by Crippen LogP contribution is 2.16. The molecule has 0 fully saturated rings. The van der Waals surface area contributed by atoms with Gasteiger partial charge in [0.05, 0.1) is 0 Å². The average Bonchev–Trinajstić information content (AvgIpc) is 2.07. The van der Waals surface area contributed by atoms with Gasteiger partial charge in [-0.25, -0.2) is 0 Å². The zero-order valence-corrected chi connectivity index (χ0v) is 8.52. The minimum Gasteiger partial charge on any atom is -0.376 e.